The highest BCUT2D eigenvalue weighted by molar-refractivity contribution is 5.43. The normalized spacial score (nSPS) is 12.4. The van der Waals surface area contributed by atoms with Crippen LogP contribution < -0.4 is 10.5 Å². The predicted octanol–water partition coefficient (Wildman–Crippen LogP) is 1.88. The smallest absolute Gasteiger partial charge is 0.121 e. The number of nitrogens with zero attached hydrogens (tertiary/aromatic N) is 2. The molecule has 0 bridgehead atoms. The van der Waals surface area contributed by atoms with Crippen molar-refractivity contribution in [3.63, 3.8) is 0 Å². The van der Waals surface area contributed by atoms with Crippen LogP contribution in [0.4, 0.5) is 5.69 Å². The molecular formula is C16H25N3O2. The zero-order valence-electron chi connectivity index (χ0n) is 12.8. The van der Waals surface area contributed by atoms with Gasteiger partial charge >= 0.3 is 0 Å². The molecule has 0 heterocycles. The van der Waals surface area contributed by atoms with Crippen LogP contribution >= 0.6 is 0 Å². The van der Waals surface area contributed by atoms with Crippen molar-refractivity contribution in [2.75, 3.05) is 32.0 Å². The molecule has 3 N–H and O–H groups in total. The summed E-state index contributed by atoms with van der Waals surface area (Å²) < 4.78 is 5.54. The summed E-state index contributed by atoms with van der Waals surface area (Å²) in [6.45, 7) is 6.48. The van der Waals surface area contributed by atoms with Crippen molar-refractivity contribution in [2.24, 2.45) is 5.92 Å². The minimum Gasteiger partial charge on any atom is -0.491 e. The quantitative estimate of drug-likeness (QED) is 0.679. The third-order valence-electron chi connectivity index (χ3n) is 2.93. The molecule has 0 radical (unpaired) electrons. The lowest BCUT2D eigenvalue weighted by atomic mass is 10.2. The maximum Gasteiger partial charge on any atom is 0.121 e. The van der Waals surface area contributed by atoms with Crippen LogP contribution in [0.15, 0.2) is 24.3 Å². The van der Waals surface area contributed by atoms with Crippen molar-refractivity contribution < 1.29 is 9.84 Å². The van der Waals surface area contributed by atoms with Gasteiger partial charge in [-0.15, -0.1) is 0 Å². The highest BCUT2D eigenvalue weighted by atomic mass is 16.5. The van der Waals surface area contributed by atoms with Crippen LogP contribution in [-0.4, -0.2) is 42.4 Å². The van der Waals surface area contributed by atoms with E-state index >= 15 is 0 Å². The Balaban J connectivity index is 2.42. The summed E-state index contributed by atoms with van der Waals surface area (Å²) >= 11 is 0. The van der Waals surface area contributed by atoms with Crippen molar-refractivity contribution >= 4 is 5.69 Å². The van der Waals surface area contributed by atoms with Gasteiger partial charge < -0.3 is 15.6 Å². The molecule has 0 aromatic heterocycles. The number of rotatable bonds is 9. The van der Waals surface area contributed by atoms with Crippen LogP contribution in [0.1, 0.15) is 20.3 Å². The Morgan fingerprint density at radius 1 is 1.38 bits per heavy atom. The van der Waals surface area contributed by atoms with Gasteiger partial charge in [-0.3, -0.25) is 4.90 Å². The van der Waals surface area contributed by atoms with Crippen LogP contribution in [0.25, 0.3) is 0 Å². The standard InChI is InChI=1S/C16H25N3O2/c1-13(2)10-19(8-4-7-17)11-15(20)12-21-16-6-3-5-14(18)9-16/h3,5-6,9,13,15,20H,4,8,10-12,18H2,1-2H3. The Kier molecular flexibility index (Phi) is 7.59. The van der Waals surface area contributed by atoms with E-state index in [2.05, 4.69) is 24.8 Å². The number of aliphatic hydroxyl groups is 1. The Hall–Kier alpha value is -1.77. The van der Waals surface area contributed by atoms with E-state index in [9.17, 15) is 5.11 Å². The minimum absolute atomic E-state index is 0.213. The fourth-order valence-electron chi connectivity index (χ4n) is 2.13. The average molecular weight is 291 g/mol. The second-order valence-corrected chi connectivity index (χ2v) is 5.60. The molecule has 1 aromatic carbocycles. The molecule has 0 saturated carbocycles. The summed E-state index contributed by atoms with van der Waals surface area (Å²) in [5.41, 5.74) is 6.31. The zero-order chi connectivity index (χ0) is 15.7. The van der Waals surface area contributed by atoms with E-state index in [0.717, 1.165) is 6.54 Å². The van der Waals surface area contributed by atoms with Crippen molar-refractivity contribution in [1.82, 2.24) is 4.90 Å². The lowest BCUT2D eigenvalue weighted by Crippen LogP contribution is -2.38. The van der Waals surface area contributed by atoms with E-state index in [1.54, 1.807) is 12.1 Å². The van der Waals surface area contributed by atoms with E-state index in [-0.39, 0.29) is 6.61 Å². The number of nitrogen functional groups attached to an aromatic ring is 1. The molecule has 1 rings (SSSR count). The minimum atomic E-state index is -0.594. The molecule has 21 heavy (non-hydrogen) atoms. The SMILES string of the molecule is CC(C)CN(CCC#N)CC(O)COc1cccc(N)c1. The Labute approximate surface area is 126 Å². The van der Waals surface area contributed by atoms with Gasteiger partial charge in [-0.1, -0.05) is 19.9 Å². The van der Waals surface area contributed by atoms with Crippen LogP contribution in [0.5, 0.6) is 5.75 Å². The first-order valence-corrected chi connectivity index (χ1v) is 7.27. The number of ether oxygens (including phenoxy) is 1. The van der Waals surface area contributed by atoms with Gasteiger partial charge in [0, 0.05) is 37.8 Å². The van der Waals surface area contributed by atoms with E-state index in [1.165, 1.54) is 0 Å². The van der Waals surface area contributed by atoms with Crippen molar-refractivity contribution in [2.45, 2.75) is 26.4 Å². The summed E-state index contributed by atoms with van der Waals surface area (Å²) in [6.07, 6.45) is -0.126. The van der Waals surface area contributed by atoms with Gasteiger partial charge in [-0.05, 0) is 18.1 Å². The summed E-state index contributed by atoms with van der Waals surface area (Å²) in [5.74, 6) is 1.15. The molecule has 0 aliphatic heterocycles. The van der Waals surface area contributed by atoms with Gasteiger partial charge in [-0.25, -0.2) is 0 Å². The number of anilines is 1. The molecule has 0 aliphatic carbocycles. The van der Waals surface area contributed by atoms with E-state index in [1.807, 2.05) is 12.1 Å². The molecule has 116 valence electrons. The Morgan fingerprint density at radius 2 is 2.14 bits per heavy atom. The van der Waals surface area contributed by atoms with Crippen molar-refractivity contribution in [3.8, 4) is 11.8 Å². The first-order chi connectivity index (χ1) is 10.0. The lowest BCUT2D eigenvalue weighted by Gasteiger charge is -2.25. The summed E-state index contributed by atoms with van der Waals surface area (Å²) in [5, 5.41) is 18.8. The molecule has 0 spiro atoms. The number of benzene rings is 1. The summed E-state index contributed by atoms with van der Waals surface area (Å²) in [4.78, 5) is 2.10. The van der Waals surface area contributed by atoms with Gasteiger partial charge in [0.05, 0.1) is 6.07 Å². The fourth-order valence-corrected chi connectivity index (χ4v) is 2.13. The number of nitrogens with two attached hydrogens (primary N) is 1. The number of aliphatic hydroxyl groups excluding tert-OH is 1. The predicted molar refractivity (Wildman–Crippen MR) is 83.9 cm³/mol. The largest absolute Gasteiger partial charge is 0.491 e. The molecule has 0 fully saturated rings. The highest BCUT2D eigenvalue weighted by Gasteiger charge is 2.13. The zero-order valence-corrected chi connectivity index (χ0v) is 12.8. The van der Waals surface area contributed by atoms with Gasteiger partial charge in [0.2, 0.25) is 0 Å². The van der Waals surface area contributed by atoms with Crippen molar-refractivity contribution in [3.05, 3.63) is 24.3 Å². The number of hydrogen-bond acceptors (Lipinski definition) is 5. The second-order valence-electron chi connectivity index (χ2n) is 5.60. The van der Waals surface area contributed by atoms with Crippen LogP contribution in [-0.2, 0) is 0 Å². The molecule has 1 aromatic rings. The van der Waals surface area contributed by atoms with Crippen molar-refractivity contribution in [1.29, 1.82) is 5.26 Å². The molecule has 5 nitrogen and oxygen atoms in total. The van der Waals surface area contributed by atoms with Crippen LogP contribution in [0, 0.1) is 17.2 Å². The van der Waals surface area contributed by atoms with Gasteiger partial charge in [0.15, 0.2) is 0 Å². The molecule has 1 unspecified atom stereocenters. The monoisotopic (exact) mass is 291 g/mol. The van der Waals surface area contributed by atoms with E-state index in [0.29, 0.717) is 36.9 Å². The van der Waals surface area contributed by atoms with Crippen LogP contribution in [0.3, 0.4) is 0 Å². The fraction of sp³-hybridized carbons (Fsp3) is 0.562. The number of nitriles is 1. The second kappa shape index (κ2) is 9.22. The Bertz CT molecular complexity index is 457. The number of hydrogen-bond donors (Lipinski definition) is 2. The van der Waals surface area contributed by atoms with Gasteiger partial charge in [-0.2, -0.15) is 5.26 Å². The third kappa shape index (κ3) is 7.54. The summed E-state index contributed by atoms with van der Waals surface area (Å²) in [7, 11) is 0. The van der Waals surface area contributed by atoms with E-state index in [4.69, 9.17) is 15.7 Å². The summed E-state index contributed by atoms with van der Waals surface area (Å²) in [6, 6.07) is 9.28. The maximum atomic E-state index is 10.1. The molecule has 0 aliphatic rings. The van der Waals surface area contributed by atoms with Crippen LogP contribution in [0.2, 0.25) is 0 Å². The molecule has 0 saturated heterocycles. The van der Waals surface area contributed by atoms with Gasteiger partial charge in [0.25, 0.3) is 0 Å². The lowest BCUT2D eigenvalue weighted by molar-refractivity contribution is 0.0650. The third-order valence-corrected chi connectivity index (χ3v) is 2.93. The topological polar surface area (TPSA) is 82.5 Å². The van der Waals surface area contributed by atoms with Gasteiger partial charge in [0.1, 0.15) is 18.5 Å². The molecule has 0 amide bonds. The molecular weight excluding hydrogens is 266 g/mol. The first-order valence-electron chi connectivity index (χ1n) is 7.27. The maximum absolute atomic E-state index is 10.1. The highest BCUT2D eigenvalue weighted by Crippen LogP contribution is 2.14. The average Bonchev–Trinajstić information content (AvgIpc) is 2.42. The van der Waals surface area contributed by atoms with E-state index < -0.39 is 6.10 Å². The first kappa shape index (κ1) is 17.3. The Morgan fingerprint density at radius 3 is 2.76 bits per heavy atom. The molecule has 1 atom stereocenters. The molecule has 5 heteroatoms.